The Morgan fingerprint density at radius 2 is 1.65 bits per heavy atom. The van der Waals surface area contributed by atoms with Crippen molar-refractivity contribution >= 4 is 12.0 Å². The van der Waals surface area contributed by atoms with Crippen LogP contribution in [0.2, 0.25) is 0 Å². The fourth-order valence-corrected chi connectivity index (χ4v) is 2.13. The Balaban J connectivity index is 1.92. The van der Waals surface area contributed by atoms with Crippen molar-refractivity contribution in [3.05, 3.63) is 71.9 Å². The highest BCUT2D eigenvalue weighted by Gasteiger charge is 2.33. The smallest absolute Gasteiger partial charge is 0.433 e. The van der Waals surface area contributed by atoms with E-state index in [4.69, 9.17) is 0 Å². The number of rotatable bonds is 4. The van der Waals surface area contributed by atoms with E-state index in [0.717, 1.165) is 6.07 Å². The second kappa shape index (κ2) is 7.22. The summed E-state index contributed by atoms with van der Waals surface area (Å²) in [5.41, 5.74) is 2.23. The Hall–Kier alpha value is -3.42. The van der Waals surface area contributed by atoms with Gasteiger partial charge in [-0.1, -0.05) is 42.5 Å². The van der Waals surface area contributed by atoms with Gasteiger partial charge in [-0.15, -0.1) is 0 Å². The Morgan fingerprint density at radius 3 is 2.35 bits per heavy atom. The summed E-state index contributed by atoms with van der Waals surface area (Å²) >= 11 is 0. The first-order chi connectivity index (χ1) is 12.4. The van der Waals surface area contributed by atoms with Crippen molar-refractivity contribution in [1.29, 1.82) is 0 Å². The highest BCUT2D eigenvalue weighted by Crippen LogP contribution is 2.30. The lowest BCUT2D eigenvalue weighted by atomic mass is 10.2. The minimum Gasteiger partial charge on any atom is -0.507 e. The summed E-state index contributed by atoms with van der Waals surface area (Å²) in [7, 11) is 0. The summed E-state index contributed by atoms with van der Waals surface area (Å²) < 4.78 is 39.3. The first kappa shape index (κ1) is 17.4. The fraction of sp³-hybridized carbons (Fsp3) is 0.0556. The van der Waals surface area contributed by atoms with Crippen molar-refractivity contribution in [2.24, 2.45) is 5.10 Å². The van der Waals surface area contributed by atoms with E-state index in [2.05, 4.69) is 20.5 Å². The van der Waals surface area contributed by atoms with Crippen molar-refractivity contribution in [3.63, 3.8) is 0 Å². The van der Waals surface area contributed by atoms with Gasteiger partial charge in [-0.2, -0.15) is 18.3 Å². The van der Waals surface area contributed by atoms with Crippen LogP contribution in [0.15, 0.2) is 65.8 Å². The van der Waals surface area contributed by atoms with E-state index >= 15 is 0 Å². The lowest BCUT2D eigenvalue weighted by molar-refractivity contribution is -0.141. The van der Waals surface area contributed by atoms with E-state index < -0.39 is 11.9 Å². The maximum atomic E-state index is 13.1. The number of alkyl halides is 3. The molecule has 132 valence electrons. The highest BCUT2D eigenvalue weighted by atomic mass is 19.4. The first-order valence-electron chi connectivity index (χ1n) is 7.52. The number of aromatic nitrogens is 2. The molecule has 0 fully saturated rings. The van der Waals surface area contributed by atoms with Crippen molar-refractivity contribution in [2.75, 3.05) is 5.43 Å². The molecule has 3 aromatic rings. The van der Waals surface area contributed by atoms with Gasteiger partial charge in [-0.25, -0.2) is 9.97 Å². The Labute approximate surface area is 146 Å². The van der Waals surface area contributed by atoms with E-state index in [-0.39, 0.29) is 17.4 Å². The predicted octanol–water partition coefficient (Wildman–Crippen LogP) is 4.31. The second-order valence-electron chi connectivity index (χ2n) is 5.25. The fourth-order valence-electron chi connectivity index (χ4n) is 2.13. The van der Waals surface area contributed by atoms with Crippen molar-refractivity contribution < 1.29 is 18.3 Å². The number of phenolic OH excluding ortho intramolecular Hbond substituents is 1. The van der Waals surface area contributed by atoms with Crippen LogP contribution < -0.4 is 5.43 Å². The topological polar surface area (TPSA) is 70.4 Å². The molecule has 0 bridgehead atoms. The molecule has 1 heterocycles. The summed E-state index contributed by atoms with van der Waals surface area (Å²) in [6.07, 6.45) is -3.34. The Bertz CT molecular complexity index is 927. The molecule has 0 spiro atoms. The van der Waals surface area contributed by atoms with Gasteiger partial charge in [0.1, 0.15) is 5.75 Å². The second-order valence-corrected chi connectivity index (χ2v) is 5.25. The summed E-state index contributed by atoms with van der Waals surface area (Å²) in [5.74, 6) is -0.180. The predicted molar refractivity (Wildman–Crippen MR) is 91.8 cm³/mol. The molecule has 3 rings (SSSR count). The molecule has 26 heavy (non-hydrogen) atoms. The van der Waals surface area contributed by atoms with Crippen LogP contribution in [0.3, 0.4) is 0 Å². The van der Waals surface area contributed by atoms with Crippen LogP contribution in [0.25, 0.3) is 11.4 Å². The molecular weight excluding hydrogens is 345 g/mol. The third-order valence-electron chi connectivity index (χ3n) is 3.37. The minimum atomic E-state index is -4.62. The molecule has 0 unspecified atom stereocenters. The largest absolute Gasteiger partial charge is 0.507 e. The molecule has 5 nitrogen and oxygen atoms in total. The number of para-hydroxylation sites is 1. The summed E-state index contributed by atoms with van der Waals surface area (Å²) in [5, 5.41) is 13.5. The number of aromatic hydroxyl groups is 1. The zero-order chi connectivity index (χ0) is 18.6. The molecule has 0 aliphatic heterocycles. The van der Waals surface area contributed by atoms with Gasteiger partial charge >= 0.3 is 6.18 Å². The van der Waals surface area contributed by atoms with Crippen LogP contribution in [0.1, 0.15) is 11.3 Å². The lowest BCUT2D eigenvalue weighted by Gasteiger charge is -2.10. The number of hydrogen-bond donors (Lipinski definition) is 2. The standard InChI is InChI=1S/C18H13F3N4O/c19-18(20,21)15-10-16(24-17(23-15)12-6-2-1-3-7-12)25-22-11-13-8-4-5-9-14(13)26/h1-11,26H,(H,23,24,25). The van der Waals surface area contributed by atoms with Gasteiger partial charge in [0.2, 0.25) is 0 Å². The zero-order valence-electron chi connectivity index (χ0n) is 13.3. The van der Waals surface area contributed by atoms with Gasteiger partial charge in [-0.3, -0.25) is 5.43 Å². The molecule has 2 aromatic carbocycles. The third-order valence-corrected chi connectivity index (χ3v) is 3.37. The van der Waals surface area contributed by atoms with Gasteiger partial charge in [-0.05, 0) is 12.1 Å². The molecule has 8 heteroatoms. The quantitative estimate of drug-likeness (QED) is 0.538. The average molecular weight is 358 g/mol. The molecule has 2 N–H and O–H groups in total. The van der Waals surface area contributed by atoms with Crippen LogP contribution >= 0.6 is 0 Å². The van der Waals surface area contributed by atoms with Crippen LogP contribution in [0.5, 0.6) is 5.75 Å². The number of benzene rings is 2. The highest BCUT2D eigenvalue weighted by molar-refractivity contribution is 5.83. The number of anilines is 1. The van der Waals surface area contributed by atoms with Crippen LogP contribution in [-0.4, -0.2) is 21.3 Å². The number of phenols is 1. The van der Waals surface area contributed by atoms with Crippen LogP contribution in [0, 0.1) is 0 Å². The van der Waals surface area contributed by atoms with E-state index in [0.29, 0.717) is 11.1 Å². The molecule has 0 radical (unpaired) electrons. The van der Waals surface area contributed by atoms with Crippen molar-refractivity contribution in [3.8, 4) is 17.1 Å². The Morgan fingerprint density at radius 1 is 0.962 bits per heavy atom. The van der Waals surface area contributed by atoms with Gasteiger partial charge in [0, 0.05) is 17.2 Å². The number of hydrazone groups is 1. The van der Waals surface area contributed by atoms with Crippen molar-refractivity contribution in [1.82, 2.24) is 9.97 Å². The summed E-state index contributed by atoms with van der Waals surface area (Å²) in [4.78, 5) is 7.66. The molecule has 0 saturated heterocycles. The van der Waals surface area contributed by atoms with E-state index in [1.54, 1.807) is 48.5 Å². The van der Waals surface area contributed by atoms with Crippen molar-refractivity contribution in [2.45, 2.75) is 6.18 Å². The maximum absolute atomic E-state index is 13.1. The molecule has 0 aliphatic carbocycles. The molecular formula is C18H13F3N4O. The number of nitrogens with zero attached hydrogens (tertiary/aromatic N) is 3. The van der Waals surface area contributed by atoms with Gasteiger partial charge in [0.25, 0.3) is 0 Å². The number of hydrogen-bond acceptors (Lipinski definition) is 5. The van der Waals surface area contributed by atoms with Gasteiger partial charge in [0.05, 0.1) is 6.21 Å². The normalized spacial score (nSPS) is 11.7. The van der Waals surface area contributed by atoms with Crippen LogP contribution in [0.4, 0.5) is 19.0 Å². The summed E-state index contributed by atoms with van der Waals surface area (Å²) in [6, 6.07) is 15.5. The SMILES string of the molecule is Oc1ccccc1C=NNc1cc(C(F)(F)F)nc(-c2ccccc2)n1. The van der Waals surface area contributed by atoms with E-state index in [1.807, 2.05) is 0 Å². The monoisotopic (exact) mass is 358 g/mol. The molecule has 0 aliphatic rings. The maximum Gasteiger partial charge on any atom is 0.433 e. The number of halogens is 3. The first-order valence-corrected chi connectivity index (χ1v) is 7.52. The van der Waals surface area contributed by atoms with Gasteiger partial charge < -0.3 is 5.11 Å². The molecule has 0 atom stereocenters. The molecule has 0 saturated carbocycles. The number of nitrogens with one attached hydrogen (secondary N) is 1. The summed E-state index contributed by atoms with van der Waals surface area (Å²) in [6.45, 7) is 0. The third kappa shape index (κ3) is 4.15. The molecule has 1 aromatic heterocycles. The van der Waals surface area contributed by atoms with E-state index in [9.17, 15) is 18.3 Å². The van der Waals surface area contributed by atoms with E-state index in [1.165, 1.54) is 12.3 Å². The lowest BCUT2D eigenvalue weighted by Crippen LogP contribution is -2.11. The Kier molecular flexibility index (Phi) is 4.83. The van der Waals surface area contributed by atoms with Gasteiger partial charge in [0.15, 0.2) is 17.3 Å². The minimum absolute atomic E-state index is 0.00157. The zero-order valence-corrected chi connectivity index (χ0v) is 13.3. The average Bonchev–Trinajstić information content (AvgIpc) is 2.63. The van der Waals surface area contributed by atoms with Crippen LogP contribution in [-0.2, 0) is 6.18 Å². The molecule has 0 amide bonds.